The van der Waals surface area contributed by atoms with Crippen molar-refractivity contribution in [3.63, 3.8) is 0 Å². The fraction of sp³-hybridized carbons (Fsp3) is 0. The number of hydrogen-bond donors (Lipinski definition) is 1. The van der Waals surface area contributed by atoms with Crippen molar-refractivity contribution in [1.82, 2.24) is 0 Å². The predicted octanol–water partition coefficient (Wildman–Crippen LogP) is 3.95. The molecule has 0 saturated heterocycles. The number of hydrogen-bond acceptors (Lipinski definition) is 1. The van der Waals surface area contributed by atoms with Crippen LogP contribution in [0.3, 0.4) is 0 Å². The van der Waals surface area contributed by atoms with Gasteiger partial charge >= 0.3 is 5.97 Å². The van der Waals surface area contributed by atoms with E-state index in [0.29, 0.717) is 5.56 Å². The van der Waals surface area contributed by atoms with Crippen LogP contribution >= 0.6 is 15.9 Å². The van der Waals surface area contributed by atoms with Gasteiger partial charge in [-0.3, -0.25) is 0 Å². The number of carbonyl (C=O) groups is 1. The molecule has 0 atom stereocenters. The fourth-order valence-electron chi connectivity index (χ4n) is 1.60. The highest BCUT2D eigenvalue weighted by Crippen LogP contribution is 2.27. The first-order chi connectivity index (χ1) is 8.08. The third-order valence-electron chi connectivity index (χ3n) is 2.35. The molecule has 0 heterocycles. The van der Waals surface area contributed by atoms with Crippen LogP contribution in [0.4, 0.5) is 4.39 Å². The number of carboxylic acids is 1. The quantitative estimate of drug-likeness (QED) is 0.910. The molecule has 2 rings (SSSR count). The zero-order valence-corrected chi connectivity index (χ0v) is 10.2. The lowest BCUT2D eigenvalue weighted by Crippen LogP contribution is -2.00. The standard InChI is InChI=1S/C13H8BrFO2/c14-9-3-1-2-8(6-9)11-5-4-10(15)7-12(11)13(16)17/h1-7H,(H,16,17). The third-order valence-corrected chi connectivity index (χ3v) is 2.84. The van der Waals surface area contributed by atoms with E-state index in [4.69, 9.17) is 5.11 Å². The van der Waals surface area contributed by atoms with Crippen LogP contribution in [0, 0.1) is 5.82 Å². The van der Waals surface area contributed by atoms with E-state index in [-0.39, 0.29) is 5.56 Å². The van der Waals surface area contributed by atoms with Crippen molar-refractivity contribution in [3.05, 3.63) is 58.3 Å². The SMILES string of the molecule is O=C(O)c1cc(F)ccc1-c1cccc(Br)c1. The molecule has 4 heteroatoms. The summed E-state index contributed by atoms with van der Waals surface area (Å²) in [6.45, 7) is 0. The summed E-state index contributed by atoms with van der Waals surface area (Å²) in [6.07, 6.45) is 0. The van der Waals surface area contributed by atoms with Gasteiger partial charge in [0, 0.05) is 4.47 Å². The van der Waals surface area contributed by atoms with Gasteiger partial charge in [0.2, 0.25) is 0 Å². The number of benzene rings is 2. The summed E-state index contributed by atoms with van der Waals surface area (Å²) in [5.74, 6) is -1.69. The van der Waals surface area contributed by atoms with Crippen molar-refractivity contribution in [2.75, 3.05) is 0 Å². The average Bonchev–Trinajstić information content (AvgIpc) is 2.28. The van der Waals surface area contributed by atoms with E-state index in [1.54, 1.807) is 18.2 Å². The molecule has 0 aromatic heterocycles. The Kier molecular flexibility index (Phi) is 3.24. The largest absolute Gasteiger partial charge is 0.478 e. The fourth-order valence-corrected chi connectivity index (χ4v) is 2.00. The van der Waals surface area contributed by atoms with Crippen LogP contribution in [-0.2, 0) is 0 Å². The van der Waals surface area contributed by atoms with Gasteiger partial charge in [0.25, 0.3) is 0 Å². The minimum atomic E-state index is -1.14. The van der Waals surface area contributed by atoms with Crippen LogP contribution in [0.25, 0.3) is 11.1 Å². The molecule has 2 nitrogen and oxygen atoms in total. The van der Waals surface area contributed by atoms with E-state index in [0.717, 1.165) is 16.1 Å². The van der Waals surface area contributed by atoms with Crippen molar-refractivity contribution in [2.45, 2.75) is 0 Å². The Morgan fingerprint density at radius 2 is 1.94 bits per heavy atom. The van der Waals surface area contributed by atoms with Crippen LogP contribution in [0.1, 0.15) is 10.4 Å². The summed E-state index contributed by atoms with van der Waals surface area (Å²) in [4.78, 5) is 11.1. The molecule has 2 aromatic carbocycles. The third kappa shape index (κ3) is 2.53. The Labute approximate surface area is 106 Å². The highest BCUT2D eigenvalue weighted by atomic mass is 79.9. The monoisotopic (exact) mass is 294 g/mol. The van der Waals surface area contributed by atoms with E-state index >= 15 is 0 Å². The van der Waals surface area contributed by atoms with Crippen molar-refractivity contribution in [3.8, 4) is 11.1 Å². The van der Waals surface area contributed by atoms with E-state index in [9.17, 15) is 9.18 Å². The molecule has 17 heavy (non-hydrogen) atoms. The Balaban J connectivity index is 2.63. The van der Waals surface area contributed by atoms with Gasteiger partial charge in [-0.25, -0.2) is 9.18 Å². The van der Waals surface area contributed by atoms with Gasteiger partial charge < -0.3 is 5.11 Å². The normalized spacial score (nSPS) is 10.2. The number of halogens is 2. The topological polar surface area (TPSA) is 37.3 Å². The Hall–Kier alpha value is -1.68. The second kappa shape index (κ2) is 4.67. The molecule has 2 aromatic rings. The van der Waals surface area contributed by atoms with Gasteiger partial charge in [-0.2, -0.15) is 0 Å². The maximum absolute atomic E-state index is 13.0. The summed E-state index contributed by atoms with van der Waals surface area (Å²) in [6, 6.07) is 11.0. The van der Waals surface area contributed by atoms with E-state index in [1.165, 1.54) is 12.1 Å². The van der Waals surface area contributed by atoms with Gasteiger partial charge in [0.15, 0.2) is 0 Å². The molecular formula is C13H8BrFO2. The van der Waals surface area contributed by atoms with Crippen molar-refractivity contribution >= 4 is 21.9 Å². The van der Waals surface area contributed by atoms with Gasteiger partial charge in [-0.15, -0.1) is 0 Å². The lowest BCUT2D eigenvalue weighted by atomic mass is 10.00. The minimum absolute atomic E-state index is 0.0388. The summed E-state index contributed by atoms with van der Waals surface area (Å²) in [7, 11) is 0. The Morgan fingerprint density at radius 3 is 2.59 bits per heavy atom. The zero-order valence-electron chi connectivity index (χ0n) is 8.65. The number of carboxylic acid groups (broad SMARTS) is 1. The van der Waals surface area contributed by atoms with Gasteiger partial charge in [-0.05, 0) is 35.4 Å². The van der Waals surface area contributed by atoms with Crippen molar-refractivity contribution < 1.29 is 14.3 Å². The molecular weight excluding hydrogens is 287 g/mol. The molecule has 0 aliphatic carbocycles. The van der Waals surface area contributed by atoms with Crippen LogP contribution < -0.4 is 0 Å². The van der Waals surface area contributed by atoms with Gasteiger partial charge in [0.1, 0.15) is 5.82 Å². The van der Waals surface area contributed by atoms with Gasteiger partial charge in [0.05, 0.1) is 5.56 Å². The van der Waals surface area contributed by atoms with Gasteiger partial charge in [-0.1, -0.05) is 34.1 Å². The highest BCUT2D eigenvalue weighted by molar-refractivity contribution is 9.10. The van der Waals surface area contributed by atoms with E-state index in [2.05, 4.69) is 15.9 Å². The Morgan fingerprint density at radius 1 is 1.18 bits per heavy atom. The van der Waals surface area contributed by atoms with E-state index in [1.807, 2.05) is 6.07 Å². The molecule has 86 valence electrons. The molecule has 0 aliphatic heterocycles. The molecule has 0 fully saturated rings. The highest BCUT2D eigenvalue weighted by Gasteiger charge is 2.12. The van der Waals surface area contributed by atoms with Crippen molar-refractivity contribution in [1.29, 1.82) is 0 Å². The maximum Gasteiger partial charge on any atom is 0.336 e. The molecule has 0 saturated carbocycles. The summed E-state index contributed by atoms with van der Waals surface area (Å²) < 4.78 is 13.9. The summed E-state index contributed by atoms with van der Waals surface area (Å²) in [5.41, 5.74) is 1.19. The first kappa shape index (κ1) is 11.8. The van der Waals surface area contributed by atoms with Crippen LogP contribution in [0.2, 0.25) is 0 Å². The second-order valence-electron chi connectivity index (χ2n) is 3.51. The Bertz CT molecular complexity index is 581. The van der Waals surface area contributed by atoms with Crippen LogP contribution in [0.5, 0.6) is 0 Å². The molecule has 1 N–H and O–H groups in total. The average molecular weight is 295 g/mol. The molecule has 0 radical (unpaired) electrons. The first-order valence-electron chi connectivity index (χ1n) is 4.87. The number of aromatic carboxylic acids is 1. The van der Waals surface area contributed by atoms with Crippen LogP contribution in [0.15, 0.2) is 46.9 Å². The first-order valence-corrected chi connectivity index (χ1v) is 5.66. The zero-order chi connectivity index (χ0) is 12.4. The molecule has 0 spiro atoms. The summed E-state index contributed by atoms with van der Waals surface area (Å²) >= 11 is 3.31. The molecule has 0 aliphatic rings. The van der Waals surface area contributed by atoms with E-state index < -0.39 is 11.8 Å². The second-order valence-corrected chi connectivity index (χ2v) is 4.42. The molecule has 0 unspecified atom stereocenters. The minimum Gasteiger partial charge on any atom is -0.478 e. The summed E-state index contributed by atoms with van der Waals surface area (Å²) in [5, 5.41) is 9.04. The predicted molar refractivity (Wildman–Crippen MR) is 66.5 cm³/mol. The van der Waals surface area contributed by atoms with Crippen LogP contribution in [-0.4, -0.2) is 11.1 Å². The smallest absolute Gasteiger partial charge is 0.336 e. The maximum atomic E-state index is 13.0. The molecule has 0 amide bonds. The molecule has 0 bridgehead atoms. The van der Waals surface area contributed by atoms with Crippen molar-refractivity contribution in [2.24, 2.45) is 0 Å². The lowest BCUT2D eigenvalue weighted by molar-refractivity contribution is 0.0697. The number of rotatable bonds is 2. The lowest BCUT2D eigenvalue weighted by Gasteiger charge is -2.06.